The minimum absolute atomic E-state index is 0.0154. The van der Waals surface area contributed by atoms with Crippen LogP contribution < -0.4 is 13.7 Å². The Morgan fingerprint density at radius 3 is 1.71 bits per heavy atom. The van der Waals surface area contributed by atoms with Gasteiger partial charge in [0.2, 0.25) is 0 Å². The third kappa shape index (κ3) is 9.64. The van der Waals surface area contributed by atoms with Crippen molar-refractivity contribution in [2.24, 2.45) is 0 Å². The number of ether oxygens (including phenoxy) is 4. The van der Waals surface area contributed by atoms with Crippen molar-refractivity contribution in [3.05, 3.63) is 41.5 Å². The Bertz CT molecular complexity index is 1140. The molecule has 0 fully saturated rings. The van der Waals surface area contributed by atoms with Gasteiger partial charge in [0, 0.05) is 19.9 Å². The van der Waals surface area contributed by atoms with Crippen LogP contribution in [0.2, 0.25) is 0 Å². The van der Waals surface area contributed by atoms with E-state index in [0.717, 1.165) is 43.3 Å². The molecule has 11 nitrogen and oxygen atoms in total. The summed E-state index contributed by atoms with van der Waals surface area (Å²) in [4.78, 5) is 29.0. The number of rotatable bonds is 8. The Kier molecular flexibility index (Phi) is 10.7. The molecule has 0 saturated heterocycles. The van der Waals surface area contributed by atoms with Crippen molar-refractivity contribution >= 4 is 22.1 Å². The summed E-state index contributed by atoms with van der Waals surface area (Å²) in [5.74, 6) is -1.25. The van der Waals surface area contributed by atoms with Gasteiger partial charge in [-0.15, -0.1) is 0 Å². The molecular weight excluding hydrogens is 501 g/mol. The zero-order valence-electron chi connectivity index (χ0n) is 19.3. The largest absolute Gasteiger partial charge is 0.534 e. The Balaban J connectivity index is 0.000000379. The summed E-state index contributed by atoms with van der Waals surface area (Å²) in [5, 5.41) is 0. The molecule has 0 unspecified atom stereocenters. The van der Waals surface area contributed by atoms with E-state index in [1.54, 1.807) is 13.3 Å². The van der Waals surface area contributed by atoms with Crippen molar-refractivity contribution in [2.45, 2.75) is 39.5 Å². The predicted octanol–water partition coefficient (Wildman–Crippen LogP) is 2.84. The average molecular weight is 524 g/mol. The number of alkyl halides is 3. The minimum atomic E-state index is -5.85. The highest BCUT2D eigenvalue weighted by molar-refractivity contribution is 7.88. The maximum absolute atomic E-state index is 12.3. The topological polar surface area (TPSA) is 140 Å². The quantitative estimate of drug-likeness (QED) is 0.286. The molecular formula is C20H23F3N2O9S. The predicted molar refractivity (Wildman–Crippen MR) is 113 cm³/mol. The van der Waals surface area contributed by atoms with Gasteiger partial charge in [0.05, 0.1) is 38.0 Å². The summed E-state index contributed by atoms with van der Waals surface area (Å²) < 4.78 is 81.8. The van der Waals surface area contributed by atoms with Crippen LogP contribution >= 0.6 is 0 Å². The lowest BCUT2D eigenvalue weighted by molar-refractivity contribution is -0.143. The average Bonchev–Trinajstić information content (AvgIpc) is 2.76. The Morgan fingerprint density at radius 1 is 0.857 bits per heavy atom. The van der Waals surface area contributed by atoms with Gasteiger partial charge in [-0.3, -0.25) is 19.6 Å². The van der Waals surface area contributed by atoms with Crippen molar-refractivity contribution in [3.8, 4) is 17.2 Å². The molecule has 35 heavy (non-hydrogen) atoms. The molecule has 0 spiro atoms. The van der Waals surface area contributed by atoms with Gasteiger partial charge in [-0.25, -0.2) is 0 Å². The van der Waals surface area contributed by atoms with E-state index >= 15 is 0 Å². The molecule has 0 aliphatic rings. The van der Waals surface area contributed by atoms with E-state index in [2.05, 4.69) is 23.6 Å². The molecule has 2 aromatic heterocycles. The van der Waals surface area contributed by atoms with E-state index in [-0.39, 0.29) is 30.6 Å². The van der Waals surface area contributed by atoms with Crippen molar-refractivity contribution < 1.29 is 54.3 Å². The number of nitrogens with zero attached hydrogens (tertiary/aromatic N) is 2. The van der Waals surface area contributed by atoms with Gasteiger partial charge in [-0.05, 0) is 18.6 Å². The molecule has 0 N–H and O–H groups in total. The number of carbonyl (C=O) groups excluding carboxylic acids is 2. The summed E-state index contributed by atoms with van der Waals surface area (Å²) >= 11 is 0. The number of halogens is 3. The summed E-state index contributed by atoms with van der Waals surface area (Å²) in [6, 6.07) is 2.70. The molecule has 15 heteroatoms. The fourth-order valence-electron chi connectivity index (χ4n) is 2.17. The van der Waals surface area contributed by atoms with Crippen LogP contribution in [-0.4, -0.2) is 50.1 Å². The van der Waals surface area contributed by atoms with Gasteiger partial charge < -0.3 is 23.1 Å². The molecule has 0 aliphatic carbocycles. The standard InChI is InChI=1S/C10H10F3NO6S.C10H13NO3/c1-6(15)19-5-7-3-8(9(18-2)4-14-7)20-21(16,17)10(11,12)13;1-7-4-9(6-14-8(2)12)11-5-10(7)13-3/h3-4H,5H2,1-2H3;4-5H,6H2,1-3H3. The van der Waals surface area contributed by atoms with Crippen LogP contribution in [0.1, 0.15) is 30.8 Å². The highest BCUT2D eigenvalue weighted by Gasteiger charge is 2.49. The summed E-state index contributed by atoms with van der Waals surface area (Å²) in [6.45, 7) is 4.26. The third-order valence-electron chi connectivity index (χ3n) is 3.78. The maximum Gasteiger partial charge on any atom is 0.534 e. The van der Waals surface area contributed by atoms with Crippen molar-refractivity contribution in [2.75, 3.05) is 14.2 Å². The molecule has 2 heterocycles. The monoisotopic (exact) mass is 524 g/mol. The molecule has 0 atom stereocenters. The fourth-order valence-corrected chi connectivity index (χ4v) is 2.63. The zero-order valence-corrected chi connectivity index (χ0v) is 20.2. The minimum Gasteiger partial charge on any atom is -0.495 e. The maximum atomic E-state index is 12.3. The summed E-state index contributed by atoms with van der Waals surface area (Å²) in [7, 11) is -3.16. The smallest absolute Gasteiger partial charge is 0.495 e. The van der Waals surface area contributed by atoms with Gasteiger partial charge in [-0.2, -0.15) is 21.6 Å². The molecule has 194 valence electrons. The van der Waals surface area contributed by atoms with E-state index in [1.807, 2.05) is 13.0 Å². The Morgan fingerprint density at radius 2 is 1.31 bits per heavy atom. The second kappa shape index (κ2) is 12.7. The second-order valence-corrected chi connectivity index (χ2v) is 8.05. The molecule has 0 aromatic carbocycles. The van der Waals surface area contributed by atoms with Gasteiger partial charge in [0.15, 0.2) is 11.5 Å². The first-order chi connectivity index (χ1) is 16.2. The van der Waals surface area contributed by atoms with E-state index in [1.165, 1.54) is 6.92 Å². The van der Waals surface area contributed by atoms with Crippen LogP contribution in [0, 0.1) is 6.92 Å². The second-order valence-electron chi connectivity index (χ2n) is 6.52. The number of pyridine rings is 2. The van der Waals surface area contributed by atoms with Crippen molar-refractivity contribution in [3.63, 3.8) is 0 Å². The van der Waals surface area contributed by atoms with Crippen LogP contribution in [0.25, 0.3) is 0 Å². The van der Waals surface area contributed by atoms with Crippen LogP contribution in [0.5, 0.6) is 17.2 Å². The molecule has 0 bridgehead atoms. The Labute approximate surface area is 199 Å². The van der Waals surface area contributed by atoms with Gasteiger partial charge in [0.1, 0.15) is 19.0 Å². The number of hydrogen-bond acceptors (Lipinski definition) is 11. The number of aryl methyl sites for hydroxylation is 1. The number of hydrogen-bond donors (Lipinski definition) is 0. The summed E-state index contributed by atoms with van der Waals surface area (Å²) in [6.07, 6.45) is 2.56. The van der Waals surface area contributed by atoms with Crippen LogP contribution in [0.3, 0.4) is 0 Å². The molecule has 0 radical (unpaired) electrons. The first-order valence-corrected chi connectivity index (χ1v) is 10.9. The molecule has 0 amide bonds. The Hall–Kier alpha value is -3.62. The highest BCUT2D eigenvalue weighted by Crippen LogP contribution is 2.33. The van der Waals surface area contributed by atoms with Crippen LogP contribution in [0.4, 0.5) is 13.2 Å². The molecule has 2 aromatic rings. The van der Waals surface area contributed by atoms with Crippen molar-refractivity contribution in [1.29, 1.82) is 0 Å². The van der Waals surface area contributed by atoms with Crippen LogP contribution in [0.15, 0.2) is 24.5 Å². The lowest BCUT2D eigenvalue weighted by Crippen LogP contribution is -2.28. The number of carbonyl (C=O) groups is 2. The highest BCUT2D eigenvalue weighted by atomic mass is 32.2. The number of aromatic nitrogens is 2. The van der Waals surface area contributed by atoms with E-state index in [0.29, 0.717) is 0 Å². The lowest BCUT2D eigenvalue weighted by Gasteiger charge is -2.13. The molecule has 0 aliphatic heterocycles. The van der Waals surface area contributed by atoms with E-state index in [4.69, 9.17) is 9.47 Å². The first-order valence-electron chi connectivity index (χ1n) is 9.50. The fraction of sp³-hybridized carbons (Fsp3) is 0.400. The van der Waals surface area contributed by atoms with Gasteiger partial charge >= 0.3 is 27.6 Å². The third-order valence-corrected chi connectivity index (χ3v) is 4.74. The van der Waals surface area contributed by atoms with E-state index in [9.17, 15) is 31.2 Å². The van der Waals surface area contributed by atoms with E-state index < -0.39 is 27.3 Å². The normalized spacial score (nSPS) is 11.0. The molecule has 0 saturated carbocycles. The zero-order chi connectivity index (χ0) is 26.8. The van der Waals surface area contributed by atoms with Crippen LogP contribution in [-0.2, 0) is 42.4 Å². The lowest BCUT2D eigenvalue weighted by atomic mass is 10.2. The number of esters is 2. The van der Waals surface area contributed by atoms with Gasteiger partial charge in [0.25, 0.3) is 0 Å². The SMILES string of the molecule is COc1cnc(COC(C)=O)cc1C.COc1cnc(COC(C)=O)cc1OS(=O)(=O)C(F)(F)F. The van der Waals surface area contributed by atoms with Crippen molar-refractivity contribution in [1.82, 2.24) is 9.97 Å². The van der Waals surface area contributed by atoms with Gasteiger partial charge in [-0.1, -0.05) is 0 Å². The number of methoxy groups -OCH3 is 2. The molecule has 2 rings (SSSR count). The first kappa shape index (κ1) is 29.4. The summed E-state index contributed by atoms with van der Waals surface area (Å²) in [5.41, 5.74) is -3.90.